The van der Waals surface area contributed by atoms with Crippen LogP contribution in [0.25, 0.3) is 11.0 Å². The first-order chi connectivity index (χ1) is 11.7. The summed E-state index contributed by atoms with van der Waals surface area (Å²) in [6.07, 6.45) is 1.80. The van der Waals surface area contributed by atoms with E-state index in [2.05, 4.69) is 26.4 Å². The molecule has 4 unspecified atom stereocenters. The number of rotatable bonds is 2. The molecule has 2 aromatic rings. The zero-order chi connectivity index (χ0) is 16.0. The number of ether oxygens (including phenoxy) is 2. The molecule has 0 amide bonds. The fourth-order valence-corrected chi connectivity index (χ4v) is 4.63. The Hall–Kier alpha value is -1.57. The van der Waals surface area contributed by atoms with Crippen LogP contribution >= 0.6 is 11.6 Å². The van der Waals surface area contributed by atoms with Crippen molar-refractivity contribution in [3.8, 4) is 0 Å². The Kier molecular flexibility index (Phi) is 2.58. The van der Waals surface area contributed by atoms with E-state index in [-0.39, 0.29) is 0 Å². The molecular formula is C16H18ClN5O2. The summed E-state index contributed by atoms with van der Waals surface area (Å²) in [5.74, 6) is 1.89. The number of anilines is 2. The minimum absolute atomic E-state index is 0.347. The second-order valence-electron chi connectivity index (χ2n) is 7.20. The predicted octanol–water partition coefficient (Wildman–Crippen LogP) is 1.19. The minimum Gasteiger partial charge on any atom is -0.374 e. The van der Waals surface area contributed by atoms with Crippen LogP contribution in [0.3, 0.4) is 0 Å². The van der Waals surface area contributed by atoms with Crippen LogP contribution in [-0.2, 0) is 16.5 Å². The molecule has 4 atom stereocenters. The van der Waals surface area contributed by atoms with E-state index in [1.165, 1.54) is 0 Å². The van der Waals surface area contributed by atoms with Crippen LogP contribution in [-0.4, -0.2) is 65.1 Å². The van der Waals surface area contributed by atoms with Crippen molar-refractivity contribution in [2.45, 2.75) is 30.7 Å². The minimum atomic E-state index is 0.347. The molecule has 7 nitrogen and oxygen atoms in total. The molecule has 6 rings (SSSR count). The van der Waals surface area contributed by atoms with Crippen LogP contribution < -0.4 is 9.80 Å². The highest BCUT2D eigenvalue weighted by atomic mass is 35.5. The first kappa shape index (κ1) is 13.7. The molecule has 4 aliphatic rings. The molecular weight excluding hydrogens is 330 g/mol. The number of halogens is 1. The Morgan fingerprint density at radius 3 is 2.71 bits per heavy atom. The number of imidazole rings is 1. The average molecular weight is 348 g/mol. The highest BCUT2D eigenvalue weighted by Crippen LogP contribution is 2.40. The van der Waals surface area contributed by atoms with Crippen molar-refractivity contribution < 1.29 is 9.47 Å². The Labute approximate surface area is 144 Å². The van der Waals surface area contributed by atoms with Crippen molar-refractivity contribution in [1.29, 1.82) is 0 Å². The van der Waals surface area contributed by atoms with Gasteiger partial charge in [0, 0.05) is 26.2 Å². The van der Waals surface area contributed by atoms with Crippen LogP contribution in [0.5, 0.6) is 0 Å². The van der Waals surface area contributed by atoms with Crippen molar-refractivity contribution in [2.75, 3.05) is 36.1 Å². The van der Waals surface area contributed by atoms with Crippen molar-refractivity contribution in [2.24, 2.45) is 7.05 Å². The smallest absolute Gasteiger partial charge is 0.206 e. The van der Waals surface area contributed by atoms with E-state index in [9.17, 15) is 0 Å². The van der Waals surface area contributed by atoms with E-state index in [4.69, 9.17) is 26.1 Å². The SMILES string of the molecule is Cn1c(N2CC3CC2CO3)nc2c(N3CC4OCC43)nc(Cl)cc21. The molecule has 24 heavy (non-hydrogen) atoms. The molecule has 0 N–H and O–H groups in total. The molecule has 0 spiro atoms. The van der Waals surface area contributed by atoms with Gasteiger partial charge in [-0.15, -0.1) is 0 Å². The van der Waals surface area contributed by atoms with Crippen LogP contribution in [0, 0.1) is 0 Å². The van der Waals surface area contributed by atoms with Crippen molar-refractivity contribution >= 4 is 34.4 Å². The molecule has 126 valence electrons. The third-order valence-corrected chi connectivity index (χ3v) is 6.11. The lowest BCUT2D eigenvalue weighted by Gasteiger charge is -2.55. The van der Waals surface area contributed by atoms with Crippen LogP contribution in [0.15, 0.2) is 6.07 Å². The number of pyridine rings is 1. The molecule has 6 heterocycles. The molecule has 2 aromatic heterocycles. The normalized spacial score (nSPS) is 33.8. The van der Waals surface area contributed by atoms with Gasteiger partial charge in [0.25, 0.3) is 0 Å². The summed E-state index contributed by atoms with van der Waals surface area (Å²) < 4.78 is 13.4. The summed E-state index contributed by atoms with van der Waals surface area (Å²) in [5, 5.41) is 0.516. The summed E-state index contributed by atoms with van der Waals surface area (Å²) >= 11 is 6.31. The van der Waals surface area contributed by atoms with Gasteiger partial charge in [0.2, 0.25) is 5.95 Å². The number of aryl methyl sites for hydroxylation is 1. The van der Waals surface area contributed by atoms with Gasteiger partial charge in [-0.2, -0.15) is 0 Å². The van der Waals surface area contributed by atoms with Gasteiger partial charge >= 0.3 is 0 Å². The molecule has 2 bridgehead atoms. The van der Waals surface area contributed by atoms with E-state index in [1.54, 1.807) is 0 Å². The third kappa shape index (κ3) is 1.65. The molecule has 0 aromatic carbocycles. The standard InChI is InChI=1S/C16H18ClN5O2/c1-20-10-3-13(17)18-15(22-5-12-11(22)7-24-12)14(10)19-16(20)21-4-9-2-8(21)6-23-9/h3,8-9,11-12H,2,4-7H2,1H3. The molecule has 4 fully saturated rings. The molecule has 4 aliphatic heterocycles. The second kappa shape index (κ2) is 4.53. The topological polar surface area (TPSA) is 55.7 Å². The number of hydrogen-bond donors (Lipinski definition) is 0. The summed E-state index contributed by atoms with van der Waals surface area (Å²) in [6.45, 7) is 3.36. The van der Waals surface area contributed by atoms with Crippen LogP contribution in [0.2, 0.25) is 5.15 Å². The zero-order valence-corrected chi connectivity index (χ0v) is 14.1. The summed E-state index contributed by atoms with van der Waals surface area (Å²) in [5.41, 5.74) is 1.97. The number of morpholine rings is 2. The van der Waals surface area contributed by atoms with Crippen molar-refractivity contribution in [3.05, 3.63) is 11.2 Å². The van der Waals surface area contributed by atoms with Crippen LogP contribution in [0.4, 0.5) is 11.8 Å². The fraction of sp³-hybridized carbons (Fsp3) is 0.625. The Morgan fingerprint density at radius 1 is 1.17 bits per heavy atom. The van der Waals surface area contributed by atoms with E-state index in [1.807, 2.05) is 6.07 Å². The lowest BCUT2D eigenvalue weighted by Crippen LogP contribution is -2.71. The summed E-state index contributed by atoms with van der Waals surface area (Å²) in [6, 6.07) is 2.78. The van der Waals surface area contributed by atoms with E-state index < -0.39 is 0 Å². The van der Waals surface area contributed by atoms with Gasteiger partial charge in [-0.3, -0.25) is 0 Å². The van der Waals surface area contributed by atoms with E-state index in [0.717, 1.165) is 55.5 Å². The molecule has 0 saturated carbocycles. The quantitative estimate of drug-likeness (QED) is 0.761. The number of fused-ring (bicyclic) bond motifs is 4. The highest BCUT2D eigenvalue weighted by molar-refractivity contribution is 6.30. The van der Waals surface area contributed by atoms with Gasteiger partial charge in [-0.1, -0.05) is 11.6 Å². The zero-order valence-electron chi connectivity index (χ0n) is 13.4. The second-order valence-corrected chi connectivity index (χ2v) is 7.58. The average Bonchev–Trinajstić information content (AvgIpc) is 3.24. The summed E-state index contributed by atoms with van der Waals surface area (Å²) in [4.78, 5) is 14.2. The molecule has 0 radical (unpaired) electrons. The molecule has 8 heteroatoms. The van der Waals surface area contributed by atoms with Gasteiger partial charge in [-0.05, 0) is 6.42 Å². The maximum Gasteiger partial charge on any atom is 0.206 e. The largest absolute Gasteiger partial charge is 0.374 e. The van der Waals surface area contributed by atoms with Crippen molar-refractivity contribution in [3.63, 3.8) is 0 Å². The number of nitrogens with zero attached hydrogens (tertiary/aromatic N) is 5. The molecule has 0 aliphatic carbocycles. The Morgan fingerprint density at radius 2 is 2.08 bits per heavy atom. The maximum atomic E-state index is 6.31. The van der Waals surface area contributed by atoms with Gasteiger partial charge in [-0.25, -0.2) is 9.97 Å². The first-order valence-corrected chi connectivity index (χ1v) is 8.86. The van der Waals surface area contributed by atoms with E-state index in [0.29, 0.717) is 29.4 Å². The Balaban J connectivity index is 1.48. The fourth-order valence-electron chi connectivity index (χ4n) is 4.45. The monoisotopic (exact) mass is 347 g/mol. The molecule has 4 saturated heterocycles. The highest BCUT2D eigenvalue weighted by Gasteiger charge is 2.49. The van der Waals surface area contributed by atoms with E-state index >= 15 is 0 Å². The Bertz CT molecular complexity index is 855. The van der Waals surface area contributed by atoms with Crippen LogP contribution in [0.1, 0.15) is 6.42 Å². The number of hydrogen-bond acceptors (Lipinski definition) is 6. The lowest BCUT2D eigenvalue weighted by atomic mass is 9.95. The van der Waals surface area contributed by atoms with Gasteiger partial charge in [0.15, 0.2) is 5.82 Å². The predicted molar refractivity (Wildman–Crippen MR) is 89.9 cm³/mol. The maximum absolute atomic E-state index is 6.31. The first-order valence-electron chi connectivity index (χ1n) is 8.48. The lowest BCUT2D eigenvalue weighted by molar-refractivity contribution is -0.113. The van der Waals surface area contributed by atoms with Crippen molar-refractivity contribution in [1.82, 2.24) is 14.5 Å². The van der Waals surface area contributed by atoms with Gasteiger partial charge in [0.05, 0.1) is 43.0 Å². The van der Waals surface area contributed by atoms with Gasteiger partial charge in [0.1, 0.15) is 10.7 Å². The third-order valence-electron chi connectivity index (χ3n) is 5.91. The van der Waals surface area contributed by atoms with Gasteiger partial charge < -0.3 is 23.8 Å². The number of aromatic nitrogens is 3. The summed E-state index contributed by atoms with van der Waals surface area (Å²) in [7, 11) is 2.06.